The third kappa shape index (κ3) is 7.49. The number of benzene rings is 3. The van der Waals surface area contributed by atoms with E-state index in [2.05, 4.69) is 15.8 Å². The summed E-state index contributed by atoms with van der Waals surface area (Å²) >= 11 is 0. The van der Waals surface area contributed by atoms with Crippen LogP contribution in [0.1, 0.15) is 21.5 Å². The molecule has 0 saturated carbocycles. The molecule has 0 heterocycles. The summed E-state index contributed by atoms with van der Waals surface area (Å²) in [5.74, 6) is -1.05. The van der Waals surface area contributed by atoms with Crippen LogP contribution in [0.3, 0.4) is 0 Å². The molecular weight excluding hydrogens is 458 g/mol. The zero-order valence-electron chi connectivity index (χ0n) is 19.8. The number of hydrogen-bond donors (Lipinski definition) is 2. The summed E-state index contributed by atoms with van der Waals surface area (Å²) in [5, 5.41) is 17.4. The third-order valence-corrected chi connectivity index (χ3v) is 4.95. The molecule has 0 unspecified atom stereocenters. The highest BCUT2D eigenvalue weighted by Crippen LogP contribution is 2.15. The minimum Gasteiger partial charge on any atom is -0.378 e. The van der Waals surface area contributed by atoms with Gasteiger partial charge in [0.05, 0.1) is 4.92 Å². The molecule has 0 aliphatic carbocycles. The number of amides is 2. The molecule has 3 aromatic rings. The van der Waals surface area contributed by atoms with Crippen molar-refractivity contribution in [3.63, 3.8) is 0 Å². The van der Waals surface area contributed by atoms with Crippen LogP contribution >= 0.6 is 0 Å². The molecule has 0 bridgehead atoms. The minimum atomic E-state index is -0.615. The van der Waals surface area contributed by atoms with E-state index >= 15 is 0 Å². The van der Waals surface area contributed by atoms with Crippen molar-refractivity contribution in [3.05, 3.63) is 117 Å². The van der Waals surface area contributed by atoms with Crippen LogP contribution in [0.25, 0.3) is 12.2 Å². The average molecular weight is 484 g/mol. The number of nitrogens with zero attached hydrogens (tertiary/aromatic N) is 3. The van der Waals surface area contributed by atoms with Crippen molar-refractivity contribution in [2.75, 3.05) is 19.0 Å². The number of carbonyl (C=O) groups excluding carboxylic acids is 2. The van der Waals surface area contributed by atoms with Crippen molar-refractivity contribution in [1.29, 1.82) is 0 Å². The molecule has 3 aromatic carbocycles. The minimum absolute atomic E-state index is 0.0151. The van der Waals surface area contributed by atoms with Gasteiger partial charge in [-0.3, -0.25) is 19.7 Å². The average Bonchev–Trinajstić information content (AvgIpc) is 2.89. The SMILES string of the molecule is CN(C)c1ccc(/C=C(\NC(=O)c2ccccc2)C(=O)N/N=C/C=C/c2cccc([N+](=O)[O-])c2)cc1. The van der Waals surface area contributed by atoms with Crippen molar-refractivity contribution in [2.45, 2.75) is 0 Å². The molecule has 3 rings (SSSR count). The number of rotatable bonds is 9. The van der Waals surface area contributed by atoms with E-state index in [-0.39, 0.29) is 11.4 Å². The number of anilines is 1. The highest BCUT2D eigenvalue weighted by Gasteiger charge is 2.14. The quantitative estimate of drug-likeness (QED) is 0.204. The summed E-state index contributed by atoms with van der Waals surface area (Å²) in [7, 11) is 3.85. The highest BCUT2D eigenvalue weighted by atomic mass is 16.6. The standard InChI is InChI=1S/C27H25N5O4/c1-31(2)23-15-13-21(14-16-23)19-25(29-26(33)22-10-4-3-5-11-22)27(34)30-28-17-7-9-20-8-6-12-24(18-20)32(35)36/h3-19H,1-2H3,(H,29,33)(H,30,34)/b9-7+,25-19-,28-17+. The van der Waals surface area contributed by atoms with E-state index in [9.17, 15) is 19.7 Å². The van der Waals surface area contributed by atoms with Crippen LogP contribution in [-0.4, -0.2) is 37.0 Å². The number of carbonyl (C=O) groups is 2. The Balaban J connectivity index is 1.74. The van der Waals surface area contributed by atoms with E-state index in [0.29, 0.717) is 16.7 Å². The molecule has 9 heteroatoms. The first-order valence-electron chi connectivity index (χ1n) is 10.9. The van der Waals surface area contributed by atoms with Crippen LogP contribution in [-0.2, 0) is 4.79 Å². The number of nitro benzene ring substituents is 1. The molecule has 0 aromatic heterocycles. The van der Waals surface area contributed by atoms with Gasteiger partial charge >= 0.3 is 0 Å². The van der Waals surface area contributed by atoms with E-state index in [1.54, 1.807) is 54.6 Å². The number of hydrogen-bond acceptors (Lipinski definition) is 6. The van der Waals surface area contributed by atoms with Gasteiger partial charge in [-0.25, -0.2) is 5.43 Å². The van der Waals surface area contributed by atoms with Gasteiger partial charge in [-0.1, -0.05) is 48.5 Å². The maximum Gasteiger partial charge on any atom is 0.287 e. The van der Waals surface area contributed by atoms with Gasteiger partial charge in [-0.15, -0.1) is 0 Å². The van der Waals surface area contributed by atoms with Crippen molar-refractivity contribution in [3.8, 4) is 0 Å². The van der Waals surface area contributed by atoms with Gasteiger partial charge in [0.1, 0.15) is 5.70 Å². The largest absolute Gasteiger partial charge is 0.378 e. The lowest BCUT2D eigenvalue weighted by Crippen LogP contribution is -2.32. The lowest BCUT2D eigenvalue weighted by atomic mass is 10.1. The monoisotopic (exact) mass is 483 g/mol. The first kappa shape index (κ1) is 25.6. The predicted molar refractivity (Wildman–Crippen MR) is 141 cm³/mol. The van der Waals surface area contributed by atoms with Crippen molar-refractivity contribution < 1.29 is 14.5 Å². The molecule has 2 N–H and O–H groups in total. The maximum atomic E-state index is 12.8. The van der Waals surface area contributed by atoms with Gasteiger partial charge in [0, 0.05) is 43.7 Å². The van der Waals surface area contributed by atoms with E-state index in [1.165, 1.54) is 24.4 Å². The van der Waals surface area contributed by atoms with Crippen LogP contribution < -0.4 is 15.6 Å². The molecule has 36 heavy (non-hydrogen) atoms. The lowest BCUT2D eigenvalue weighted by Gasteiger charge is -2.12. The molecule has 0 aliphatic heterocycles. The Morgan fingerprint density at radius 3 is 2.33 bits per heavy atom. The van der Waals surface area contributed by atoms with Gasteiger partial charge in [0.2, 0.25) is 0 Å². The van der Waals surface area contributed by atoms with E-state index in [1.807, 2.05) is 43.3 Å². The molecule has 0 radical (unpaired) electrons. The van der Waals surface area contributed by atoms with Crippen molar-refractivity contribution in [2.24, 2.45) is 5.10 Å². The fraction of sp³-hybridized carbons (Fsp3) is 0.0741. The first-order valence-corrected chi connectivity index (χ1v) is 10.9. The molecule has 2 amide bonds. The normalized spacial score (nSPS) is 11.4. The summed E-state index contributed by atoms with van der Waals surface area (Å²) in [6.45, 7) is 0. The van der Waals surface area contributed by atoms with Crippen LogP contribution in [0, 0.1) is 10.1 Å². The number of allylic oxidation sites excluding steroid dienone is 1. The van der Waals surface area contributed by atoms with Crippen LogP contribution in [0.5, 0.6) is 0 Å². The summed E-state index contributed by atoms with van der Waals surface area (Å²) in [4.78, 5) is 37.9. The Labute approximate surface area is 208 Å². The molecule has 0 saturated heterocycles. The number of nitrogens with one attached hydrogen (secondary N) is 2. The van der Waals surface area contributed by atoms with Gasteiger partial charge in [-0.05, 0) is 47.5 Å². The molecule has 0 fully saturated rings. The Morgan fingerprint density at radius 2 is 1.67 bits per heavy atom. The second kappa shape index (κ2) is 12.4. The fourth-order valence-electron chi connectivity index (χ4n) is 3.07. The maximum absolute atomic E-state index is 12.8. The summed E-state index contributed by atoms with van der Waals surface area (Å²) in [6, 6.07) is 22.1. The van der Waals surface area contributed by atoms with Gasteiger partial charge in [0.25, 0.3) is 17.5 Å². The summed E-state index contributed by atoms with van der Waals surface area (Å²) in [6.07, 6.45) is 6.04. The Morgan fingerprint density at radius 1 is 0.944 bits per heavy atom. The fourth-order valence-corrected chi connectivity index (χ4v) is 3.07. The molecule has 0 atom stereocenters. The van der Waals surface area contributed by atoms with Crippen molar-refractivity contribution >= 4 is 41.6 Å². The zero-order valence-corrected chi connectivity index (χ0v) is 19.8. The Kier molecular flexibility index (Phi) is 8.82. The van der Waals surface area contributed by atoms with Gasteiger partial charge in [0.15, 0.2) is 0 Å². The van der Waals surface area contributed by atoms with E-state index in [4.69, 9.17) is 0 Å². The first-order chi connectivity index (χ1) is 17.3. The van der Waals surface area contributed by atoms with E-state index < -0.39 is 16.7 Å². The third-order valence-electron chi connectivity index (χ3n) is 4.95. The van der Waals surface area contributed by atoms with Gasteiger partial charge in [-0.2, -0.15) is 5.10 Å². The molecule has 0 spiro atoms. The highest BCUT2D eigenvalue weighted by molar-refractivity contribution is 6.05. The summed E-state index contributed by atoms with van der Waals surface area (Å²) in [5.41, 5.74) is 5.10. The van der Waals surface area contributed by atoms with Crippen molar-refractivity contribution in [1.82, 2.24) is 10.7 Å². The molecule has 182 valence electrons. The molecular formula is C27H25N5O4. The zero-order chi connectivity index (χ0) is 25.9. The Bertz CT molecular complexity index is 1310. The second-order valence-electron chi connectivity index (χ2n) is 7.79. The Hall–Kier alpha value is -5.05. The van der Waals surface area contributed by atoms with Gasteiger partial charge < -0.3 is 10.2 Å². The second-order valence-corrected chi connectivity index (χ2v) is 7.79. The lowest BCUT2D eigenvalue weighted by molar-refractivity contribution is -0.384. The predicted octanol–water partition coefficient (Wildman–Crippen LogP) is 4.25. The molecule has 9 nitrogen and oxygen atoms in total. The number of non-ortho nitro benzene ring substituents is 1. The number of hydrazone groups is 1. The smallest absolute Gasteiger partial charge is 0.287 e. The van der Waals surface area contributed by atoms with Crippen LogP contribution in [0.15, 0.2) is 95.7 Å². The number of nitro groups is 1. The topological polar surface area (TPSA) is 117 Å². The summed E-state index contributed by atoms with van der Waals surface area (Å²) < 4.78 is 0. The van der Waals surface area contributed by atoms with Crippen LogP contribution in [0.2, 0.25) is 0 Å². The molecule has 0 aliphatic rings. The van der Waals surface area contributed by atoms with Crippen LogP contribution in [0.4, 0.5) is 11.4 Å². The van der Waals surface area contributed by atoms with E-state index in [0.717, 1.165) is 5.69 Å².